The van der Waals surface area contributed by atoms with Crippen molar-refractivity contribution in [3.8, 4) is 5.75 Å². The van der Waals surface area contributed by atoms with E-state index >= 15 is 0 Å². The van der Waals surface area contributed by atoms with E-state index in [1.165, 1.54) is 11.8 Å². The topological polar surface area (TPSA) is 69.4 Å². The maximum Gasteiger partial charge on any atom is 0.345 e. The Kier molecular flexibility index (Phi) is 5.60. The van der Waals surface area contributed by atoms with Crippen LogP contribution in [0, 0.1) is 0 Å². The fourth-order valence-electron chi connectivity index (χ4n) is 3.65. The lowest BCUT2D eigenvalue weighted by atomic mass is 9.96. The highest BCUT2D eigenvalue weighted by Gasteiger charge is 2.31. The molecule has 0 radical (unpaired) electrons. The zero-order valence-corrected chi connectivity index (χ0v) is 16.9. The maximum atomic E-state index is 13.1. The van der Waals surface area contributed by atoms with Crippen molar-refractivity contribution in [1.82, 2.24) is 19.2 Å². The quantitative estimate of drug-likeness (QED) is 0.802. The number of hydrogen-bond donors (Lipinski definition) is 0. The first-order chi connectivity index (χ1) is 12.8. The van der Waals surface area contributed by atoms with Gasteiger partial charge in [0.1, 0.15) is 11.6 Å². The van der Waals surface area contributed by atoms with Crippen LogP contribution in [0.5, 0.6) is 5.75 Å². The number of aryl methyl sites for hydroxylation is 1. The van der Waals surface area contributed by atoms with E-state index < -0.39 is 0 Å². The number of piperidine rings is 1. The largest absolute Gasteiger partial charge is 0.496 e. The Hall–Kier alpha value is -2.28. The van der Waals surface area contributed by atoms with Crippen LogP contribution in [-0.2, 0) is 7.05 Å². The third-order valence-electron chi connectivity index (χ3n) is 4.96. The number of carbonyl (C=O) groups is 1. The zero-order valence-electron chi connectivity index (χ0n) is 16.1. The van der Waals surface area contributed by atoms with Gasteiger partial charge in [0.05, 0.1) is 12.7 Å². The molecule has 1 amide bonds. The number of rotatable bonds is 4. The van der Waals surface area contributed by atoms with Crippen LogP contribution in [0.2, 0.25) is 5.02 Å². The molecule has 1 fully saturated rings. The van der Waals surface area contributed by atoms with E-state index in [2.05, 4.69) is 5.10 Å². The second-order valence-electron chi connectivity index (χ2n) is 7.16. The van der Waals surface area contributed by atoms with E-state index in [4.69, 9.17) is 16.3 Å². The molecule has 1 aromatic heterocycles. The predicted molar refractivity (Wildman–Crippen MR) is 104 cm³/mol. The maximum absolute atomic E-state index is 13.1. The van der Waals surface area contributed by atoms with Crippen molar-refractivity contribution in [3.63, 3.8) is 0 Å². The van der Waals surface area contributed by atoms with Crippen LogP contribution in [0.15, 0.2) is 23.0 Å². The van der Waals surface area contributed by atoms with Crippen molar-refractivity contribution in [3.05, 3.63) is 45.1 Å². The third kappa shape index (κ3) is 3.74. The van der Waals surface area contributed by atoms with E-state index in [0.717, 1.165) is 18.7 Å². The smallest absolute Gasteiger partial charge is 0.345 e. The molecule has 1 atom stereocenters. The van der Waals surface area contributed by atoms with Crippen molar-refractivity contribution in [2.45, 2.75) is 38.6 Å². The number of methoxy groups -OCH3 is 1. The Balaban J connectivity index is 1.89. The fraction of sp³-hybridized carbons (Fsp3) is 0.526. The molecule has 0 aliphatic carbocycles. The van der Waals surface area contributed by atoms with Gasteiger partial charge < -0.3 is 9.64 Å². The molecule has 8 heteroatoms. The van der Waals surface area contributed by atoms with E-state index in [-0.39, 0.29) is 23.6 Å². The predicted octanol–water partition coefficient (Wildman–Crippen LogP) is 2.84. The molecule has 0 bridgehead atoms. The van der Waals surface area contributed by atoms with Crippen molar-refractivity contribution >= 4 is 17.5 Å². The standard InChI is InChI=1S/C19H25ClN4O3/c1-12(2)24-17(21-22(3)19(24)26)13-6-5-9-23(11-13)18(25)15-10-14(20)7-8-16(15)27-4/h7-8,10,12-13H,5-6,9,11H2,1-4H3. The van der Waals surface area contributed by atoms with E-state index in [1.807, 2.05) is 13.8 Å². The molecule has 1 aromatic carbocycles. The van der Waals surface area contributed by atoms with Gasteiger partial charge in [-0.2, -0.15) is 5.10 Å². The number of hydrogen-bond acceptors (Lipinski definition) is 4. The SMILES string of the molecule is COc1ccc(Cl)cc1C(=O)N1CCCC(c2nn(C)c(=O)n2C(C)C)C1. The molecule has 0 N–H and O–H groups in total. The van der Waals surface area contributed by atoms with E-state index in [0.29, 0.717) is 29.4 Å². The number of nitrogens with zero attached hydrogens (tertiary/aromatic N) is 4. The Labute approximate surface area is 163 Å². The first kappa shape index (κ1) is 19.5. The molecule has 1 unspecified atom stereocenters. The number of aromatic nitrogens is 3. The number of benzene rings is 1. The summed E-state index contributed by atoms with van der Waals surface area (Å²) in [6.07, 6.45) is 1.74. The first-order valence-electron chi connectivity index (χ1n) is 9.11. The van der Waals surface area contributed by atoms with Crippen LogP contribution < -0.4 is 10.4 Å². The molecule has 7 nitrogen and oxygen atoms in total. The second kappa shape index (κ2) is 7.76. The van der Waals surface area contributed by atoms with Crippen LogP contribution in [0.1, 0.15) is 54.8 Å². The fourth-order valence-corrected chi connectivity index (χ4v) is 3.82. The van der Waals surface area contributed by atoms with Crippen LogP contribution in [0.25, 0.3) is 0 Å². The van der Waals surface area contributed by atoms with Crippen molar-refractivity contribution < 1.29 is 9.53 Å². The zero-order chi connectivity index (χ0) is 19.7. The molecule has 146 valence electrons. The number of amides is 1. The number of ether oxygens (including phenoxy) is 1. The molecular weight excluding hydrogens is 368 g/mol. The molecule has 2 aromatic rings. The van der Waals surface area contributed by atoms with Crippen molar-refractivity contribution in [2.24, 2.45) is 7.05 Å². The van der Waals surface area contributed by atoms with Gasteiger partial charge in [0.2, 0.25) is 0 Å². The minimum absolute atomic E-state index is 0.0142. The van der Waals surface area contributed by atoms with Crippen LogP contribution in [0.3, 0.4) is 0 Å². The lowest BCUT2D eigenvalue weighted by Gasteiger charge is -2.33. The summed E-state index contributed by atoms with van der Waals surface area (Å²) in [6, 6.07) is 5.05. The molecule has 1 aliphatic heterocycles. The summed E-state index contributed by atoms with van der Waals surface area (Å²) in [7, 11) is 3.20. The highest BCUT2D eigenvalue weighted by atomic mass is 35.5. The Morgan fingerprint density at radius 2 is 2.11 bits per heavy atom. The molecule has 27 heavy (non-hydrogen) atoms. The third-order valence-corrected chi connectivity index (χ3v) is 5.20. The molecule has 0 saturated carbocycles. The average molecular weight is 393 g/mol. The van der Waals surface area contributed by atoms with Crippen molar-refractivity contribution in [1.29, 1.82) is 0 Å². The number of halogens is 1. The van der Waals surface area contributed by atoms with Crippen LogP contribution >= 0.6 is 11.6 Å². The molecule has 1 aliphatic rings. The second-order valence-corrected chi connectivity index (χ2v) is 7.60. The molecule has 3 rings (SSSR count). The monoisotopic (exact) mass is 392 g/mol. The highest BCUT2D eigenvalue weighted by molar-refractivity contribution is 6.31. The normalized spacial score (nSPS) is 17.4. The van der Waals surface area contributed by atoms with Gasteiger partial charge in [0, 0.05) is 37.1 Å². The van der Waals surface area contributed by atoms with Gasteiger partial charge >= 0.3 is 5.69 Å². The summed E-state index contributed by atoms with van der Waals surface area (Å²) >= 11 is 6.08. The lowest BCUT2D eigenvalue weighted by Crippen LogP contribution is -2.40. The van der Waals surface area contributed by atoms with Gasteiger partial charge in [-0.3, -0.25) is 9.36 Å². The number of likely N-dealkylation sites (tertiary alicyclic amines) is 1. The van der Waals surface area contributed by atoms with Gasteiger partial charge in [0.25, 0.3) is 5.91 Å². The van der Waals surface area contributed by atoms with Gasteiger partial charge in [-0.1, -0.05) is 11.6 Å². The summed E-state index contributed by atoms with van der Waals surface area (Å²) in [5.74, 6) is 1.15. The molecule has 0 spiro atoms. The summed E-state index contributed by atoms with van der Waals surface area (Å²) < 4.78 is 8.42. The minimum Gasteiger partial charge on any atom is -0.496 e. The summed E-state index contributed by atoms with van der Waals surface area (Å²) in [6.45, 7) is 5.10. The molecule has 1 saturated heterocycles. The Morgan fingerprint density at radius 3 is 2.78 bits per heavy atom. The van der Waals surface area contributed by atoms with Gasteiger partial charge in [-0.25, -0.2) is 9.48 Å². The van der Waals surface area contributed by atoms with Gasteiger partial charge in [-0.15, -0.1) is 0 Å². The van der Waals surface area contributed by atoms with E-state index in [9.17, 15) is 9.59 Å². The van der Waals surface area contributed by atoms with E-state index in [1.54, 1.807) is 34.7 Å². The number of carbonyl (C=O) groups excluding carboxylic acids is 1. The first-order valence-corrected chi connectivity index (χ1v) is 9.49. The average Bonchev–Trinajstić information content (AvgIpc) is 2.96. The van der Waals surface area contributed by atoms with Crippen LogP contribution in [-0.4, -0.2) is 45.4 Å². The minimum atomic E-state index is -0.125. The van der Waals surface area contributed by atoms with Crippen LogP contribution in [0.4, 0.5) is 0 Å². The van der Waals surface area contributed by atoms with Gasteiger partial charge in [-0.05, 0) is 44.9 Å². The van der Waals surface area contributed by atoms with Crippen molar-refractivity contribution in [2.75, 3.05) is 20.2 Å². The highest BCUT2D eigenvalue weighted by Crippen LogP contribution is 2.30. The van der Waals surface area contributed by atoms with Gasteiger partial charge in [0.15, 0.2) is 0 Å². The summed E-state index contributed by atoms with van der Waals surface area (Å²) in [5.41, 5.74) is 0.327. The lowest BCUT2D eigenvalue weighted by molar-refractivity contribution is 0.0699. The molecular formula is C19H25ClN4O3. The Morgan fingerprint density at radius 1 is 1.37 bits per heavy atom. The summed E-state index contributed by atoms with van der Waals surface area (Å²) in [4.78, 5) is 27.3. The molecule has 2 heterocycles. The summed E-state index contributed by atoms with van der Waals surface area (Å²) in [5, 5.41) is 4.94. The Bertz CT molecular complexity index is 903.